The van der Waals surface area contributed by atoms with E-state index in [1.165, 1.54) is 19.1 Å². The molecular formula is C46H60ClF3O10. The Morgan fingerprint density at radius 1 is 0.867 bits per heavy atom. The molecule has 0 spiro atoms. The van der Waals surface area contributed by atoms with Crippen LogP contribution in [0.5, 0.6) is 0 Å². The fraction of sp³-hybridized carbons (Fsp3) is 0.783. The van der Waals surface area contributed by atoms with Gasteiger partial charge in [-0.05, 0) is 114 Å². The molecule has 0 radical (unpaired) electrons. The zero-order valence-electron chi connectivity index (χ0n) is 35.5. The zero-order valence-corrected chi connectivity index (χ0v) is 36.3. The van der Waals surface area contributed by atoms with Gasteiger partial charge in [0, 0.05) is 39.9 Å². The maximum absolute atomic E-state index is 17.2. The average Bonchev–Trinajstić information content (AvgIpc) is 3.68. The van der Waals surface area contributed by atoms with Crippen LogP contribution in [0.25, 0.3) is 0 Å². The first-order valence-corrected chi connectivity index (χ1v) is 22.2. The van der Waals surface area contributed by atoms with Gasteiger partial charge in [-0.3, -0.25) is 19.2 Å². The van der Waals surface area contributed by atoms with Gasteiger partial charge in [0.25, 0.3) is 0 Å². The van der Waals surface area contributed by atoms with Crippen LogP contribution in [0.15, 0.2) is 35.5 Å². The Hall–Kier alpha value is -2.26. The molecule has 7 fully saturated rings. The molecule has 1 heterocycles. The van der Waals surface area contributed by atoms with Gasteiger partial charge in [-0.2, -0.15) is 0 Å². The molecule has 0 aromatic carbocycles. The normalized spacial score (nSPS) is 53.1. The molecule has 60 heavy (non-hydrogen) atoms. The summed E-state index contributed by atoms with van der Waals surface area (Å²) < 4.78 is 61.8. The van der Waals surface area contributed by atoms with Gasteiger partial charge >= 0.3 is 0 Å². The van der Waals surface area contributed by atoms with Crippen LogP contribution in [-0.4, -0.2) is 109 Å². The van der Waals surface area contributed by atoms with E-state index in [-0.39, 0.29) is 54.6 Å². The third-order valence-electron chi connectivity index (χ3n) is 18.3. The molecule has 9 aliphatic rings. The first-order valence-electron chi connectivity index (χ1n) is 21.6. The van der Waals surface area contributed by atoms with Crippen molar-refractivity contribution in [3.63, 3.8) is 0 Å². The lowest BCUT2D eigenvalue weighted by molar-refractivity contribution is -0.250. The van der Waals surface area contributed by atoms with Gasteiger partial charge in [0.05, 0.1) is 24.2 Å². The highest BCUT2D eigenvalue weighted by Gasteiger charge is 2.80. The molecule has 6 saturated carbocycles. The Kier molecular flexibility index (Phi) is 10.1. The van der Waals surface area contributed by atoms with Crippen LogP contribution in [-0.2, 0) is 28.7 Å². The molecule has 10 nitrogen and oxygen atoms in total. The average molecular weight is 865 g/mol. The molecule has 1 saturated heterocycles. The van der Waals surface area contributed by atoms with Crippen LogP contribution < -0.4 is 0 Å². The number of allylic oxidation sites excluding steroid dienone is 5. The molecular weight excluding hydrogens is 805 g/mol. The number of carbonyl (C=O) groups is 4. The quantitative estimate of drug-likeness (QED) is 0.256. The summed E-state index contributed by atoms with van der Waals surface area (Å²) in [6, 6.07) is 0. The largest absolute Gasteiger partial charge is 0.390 e. The highest BCUT2D eigenvalue weighted by Crippen LogP contribution is 2.74. The molecule has 9 rings (SSSR count). The minimum absolute atomic E-state index is 0.0377. The topological polar surface area (TPSA) is 168 Å². The summed E-state index contributed by atoms with van der Waals surface area (Å²) in [5, 5.41) is 43.3. The van der Waals surface area contributed by atoms with E-state index >= 15 is 13.2 Å². The first-order chi connectivity index (χ1) is 27.7. The number of ketones is 4. The Balaban J connectivity index is 0.000000167. The summed E-state index contributed by atoms with van der Waals surface area (Å²) in [4.78, 5) is 49.7. The number of alkyl halides is 4. The zero-order chi connectivity index (χ0) is 44.2. The Morgan fingerprint density at radius 3 is 2.15 bits per heavy atom. The van der Waals surface area contributed by atoms with Gasteiger partial charge in [0.15, 0.2) is 40.2 Å². The van der Waals surface area contributed by atoms with E-state index in [2.05, 4.69) is 0 Å². The van der Waals surface area contributed by atoms with Crippen molar-refractivity contribution >= 4 is 34.7 Å². The highest BCUT2D eigenvalue weighted by molar-refractivity contribution is 6.29. The summed E-state index contributed by atoms with van der Waals surface area (Å²) in [6.45, 7) is 11.3. The summed E-state index contributed by atoms with van der Waals surface area (Å²) in [6.07, 6.45) is 2.71. The third kappa shape index (κ3) is 5.17. The third-order valence-corrected chi connectivity index (χ3v) is 18.6. The van der Waals surface area contributed by atoms with Crippen LogP contribution in [0.3, 0.4) is 0 Å². The summed E-state index contributed by atoms with van der Waals surface area (Å²) in [5.41, 5.74) is -10.8. The van der Waals surface area contributed by atoms with E-state index in [1.807, 2.05) is 13.8 Å². The predicted molar refractivity (Wildman–Crippen MR) is 213 cm³/mol. The number of ether oxygens (including phenoxy) is 2. The SMILES string of the molecule is CC1(C)O[C@@H]2C[C@H]3[C@@H]4CCC5=CC(=O)CC[C@]5(C)[C@@]4(F)[C@@H](O)C[C@]3(C)[C@]2(C(=O)CCl)O1.C[C@H]1C[C@H]2[C@@H]3C[C@H](F)C4=CC(=O)C=C[C@]4(C)[C@@]3(F)[C@@H](O)C[C@]2(C)[C@@]1(O)C(=O)CO. The molecule has 0 bridgehead atoms. The van der Waals surface area contributed by atoms with Gasteiger partial charge in [-0.15, -0.1) is 11.6 Å². The van der Waals surface area contributed by atoms with E-state index in [1.54, 1.807) is 33.8 Å². The Bertz CT molecular complexity index is 2010. The van der Waals surface area contributed by atoms with Crippen molar-refractivity contribution in [2.75, 3.05) is 12.5 Å². The van der Waals surface area contributed by atoms with Crippen molar-refractivity contribution in [1.29, 1.82) is 0 Å². The molecule has 14 heteroatoms. The molecule has 0 unspecified atom stereocenters. The number of hydrogen-bond donors (Lipinski definition) is 4. The lowest BCUT2D eigenvalue weighted by Gasteiger charge is -2.63. The molecule has 17 atom stereocenters. The molecule has 8 aliphatic carbocycles. The Labute approximate surface area is 354 Å². The maximum atomic E-state index is 17.2. The van der Waals surface area contributed by atoms with E-state index in [0.29, 0.717) is 32.1 Å². The van der Waals surface area contributed by atoms with Crippen molar-refractivity contribution in [3.8, 4) is 0 Å². The second-order valence-corrected chi connectivity index (χ2v) is 21.4. The van der Waals surface area contributed by atoms with Crippen molar-refractivity contribution in [2.24, 2.45) is 51.2 Å². The van der Waals surface area contributed by atoms with Crippen LogP contribution >= 0.6 is 11.6 Å². The number of fused-ring (bicyclic) bond motifs is 12. The number of Topliss-reactive ketones (excluding diaryl/α,β-unsaturated/α-hetero) is 2. The van der Waals surface area contributed by atoms with Crippen molar-refractivity contribution in [1.82, 2.24) is 0 Å². The molecule has 4 N–H and O–H groups in total. The minimum atomic E-state index is -2.24. The van der Waals surface area contributed by atoms with Gasteiger partial charge < -0.3 is 29.9 Å². The van der Waals surface area contributed by atoms with Gasteiger partial charge in [0.2, 0.25) is 0 Å². The first kappa shape index (κ1) is 44.4. The highest BCUT2D eigenvalue weighted by atomic mass is 35.5. The summed E-state index contributed by atoms with van der Waals surface area (Å²) in [5.74, 6) is -5.26. The second kappa shape index (κ2) is 13.6. The predicted octanol–water partition coefficient (Wildman–Crippen LogP) is 5.73. The van der Waals surface area contributed by atoms with Crippen LogP contribution in [0.1, 0.15) is 106 Å². The van der Waals surface area contributed by atoms with Crippen molar-refractivity contribution in [3.05, 3.63) is 35.5 Å². The molecule has 332 valence electrons. The van der Waals surface area contributed by atoms with Crippen molar-refractivity contribution < 1.29 is 62.2 Å². The van der Waals surface area contributed by atoms with Gasteiger partial charge in [-0.1, -0.05) is 39.3 Å². The lowest BCUT2D eigenvalue weighted by atomic mass is 9.44. The van der Waals surface area contributed by atoms with E-state index in [9.17, 15) is 39.6 Å². The van der Waals surface area contributed by atoms with E-state index in [0.717, 1.165) is 11.6 Å². The van der Waals surface area contributed by atoms with Crippen LogP contribution in [0.2, 0.25) is 0 Å². The maximum Gasteiger partial charge on any atom is 0.190 e. The number of rotatable bonds is 4. The monoisotopic (exact) mass is 864 g/mol. The second-order valence-electron chi connectivity index (χ2n) is 21.1. The fourth-order valence-corrected chi connectivity index (χ4v) is 15.7. The Morgan fingerprint density at radius 2 is 1.50 bits per heavy atom. The standard InChI is InChI=1S/C24H32ClFO5.C22H28F2O5/c1-20(2)30-19-10-16-15-6-5-13-9-14(27)7-8-21(13,3)23(15,26)17(28)11-22(16,4)24(19,31-20)18(29)12-25;1-11-6-13-14-8-16(23)15-7-12(26)4-5-19(15,2)21(14,24)17(27)9-20(13,3)22(11,29)18(28)10-25/h9,15-17,19,28H,5-8,10-12H2,1-4H3;4-5,7,11,13-14,16-17,25,27,29H,6,8-10H2,1-3H3/t15-,16-,17-,19+,21-,22-,23-,24+;11-,13-,14-,16-,17-,19-,20-,21-,22-/m00/s1. The number of aliphatic hydroxyl groups is 4. The number of halogens is 4. The summed E-state index contributed by atoms with van der Waals surface area (Å²) >= 11 is 6.05. The van der Waals surface area contributed by atoms with E-state index < -0.39 is 116 Å². The molecule has 0 amide bonds. The van der Waals surface area contributed by atoms with Crippen molar-refractivity contribution in [2.45, 2.75) is 159 Å². The minimum Gasteiger partial charge on any atom is -0.390 e. The molecule has 0 aromatic heterocycles. The summed E-state index contributed by atoms with van der Waals surface area (Å²) in [7, 11) is 0. The number of hydrogen-bond acceptors (Lipinski definition) is 10. The molecule has 1 aliphatic heterocycles. The van der Waals surface area contributed by atoms with Crippen LogP contribution in [0.4, 0.5) is 13.2 Å². The molecule has 0 aromatic rings. The lowest BCUT2D eigenvalue weighted by Crippen LogP contribution is -2.70. The van der Waals surface area contributed by atoms with Gasteiger partial charge in [0.1, 0.15) is 24.0 Å². The number of aliphatic hydroxyl groups excluding tert-OH is 3. The smallest absolute Gasteiger partial charge is 0.190 e. The van der Waals surface area contributed by atoms with E-state index in [4.69, 9.17) is 21.1 Å². The fourth-order valence-electron chi connectivity index (χ4n) is 15.5. The number of carbonyl (C=O) groups excluding carboxylic acids is 4. The van der Waals surface area contributed by atoms with Crippen LogP contribution in [0, 0.1) is 51.2 Å². The van der Waals surface area contributed by atoms with Gasteiger partial charge in [-0.25, -0.2) is 13.2 Å².